The first-order valence-corrected chi connectivity index (χ1v) is 14.0. The summed E-state index contributed by atoms with van der Waals surface area (Å²) in [6.07, 6.45) is -3.60. The van der Waals surface area contributed by atoms with Crippen LogP contribution in [0, 0.1) is 0 Å². The summed E-state index contributed by atoms with van der Waals surface area (Å²) in [6, 6.07) is 6.59. The summed E-state index contributed by atoms with van der Waals surface area (Å²) in [5.74, 6) is 0. The van der Waals surface area contributed by atoms with E-state index in [0.717, 1.165) is 43.9 Å². The SMILES string of the molecule is CC(NCC(c1cccc(Cl)c1Cl)N1CCN(C2CCCCC2)CC1)c1cc(C(F)(F)F)cc(C(F)(F)F)c1. The number of rotatable bonds is 7. The maximum Gasteiger partial charge on any atom is 0.416 e. The Labute approximate surface area is 235 Å². The molecule has 2 atom stereocenters. The minimum Gasteiger partial charge on any atom is -0.308 e. The lowest BCUT2D eigenvalue weighted by Crippen LogP contribution is -2.52. The number of hydrogen-bond acceptors (Lipinski definition) is 3. The van der Waals surface area contributed by atoms with Crippen molar-refractivity contribution in [3.05, 3.63) is 68.7 Å². The van der Waals surface area contributed by atoms with Crippen LogP contribution in [-0.2, 0) is 12.4 Å². The summed E-state index contributed by atoms with van der Waals surface area (Å²) >= 11 is 12.9. The Morgan fingerprint density at radius 3 is 2.03 bits per heavy atom. The van der Waals surface area contributed by atoms with Crippen LogP contribution in [0.2, 0.25) is 10.0 Å². The number of nitrogens with zero attached hydrogens (tertiary/aromatic N) is 2. The van der Waals surface area contributed by atoms with Crippen LogP contribution in [0.25, 0.3) is 0 Å². The van der Waals surface area contributed by atoms with E-state index in [1.807, 2.05) is 6.07 Å². The molecule has 1 aliphatic heterocycles. The van der Waals surface area contributed by atoms with Crippen molar-refractivity contribution >= 4 is 23.2 Å². The van der Waals surface area contributed by atoms with Gasteiger partial charge >= 0.3 is 12.4 Å². The zero-order valence-electron chi connectivity index (χ0n) is 21.7. The van der Waals surface area contributed by atoms with Crippen molar-refractivity contribution in [1.29, 1.82) is 0 Å². The highest BCUT2D eigenvalue weighted by Crippen LogP contribution is 2.38. The first kappa shape index (κ1) is 30.4. The summed E-state index contributed by atoms with van der Waals surface area (Å²) in [5, 5.41) is 3.97. The predicted octanol–water partition coefficient (Wildman–Crippen LogP) is 8.37. The Bertz CT molecular complexity index is 1080. The molecule has 0 amide bonds. The van der Waals surface area contributed by atoms with Gasteiger partial charge in [0.1, 0.15) is 0 Å². The molecule has 39 heavy (non-hydrogen) atoms. The molecule has 1 N–H and O–H groups in total. The molecule has 2 aliphatic rings. The van der Waals surface area contributed by atoms with E-state index in [-0.39, 0.29) is 24.2 Å². The molecule has 2 fully saturated rings. The summed E-state index contributed by atoms with van der Waals surface area (Å²) in [5.41, 5.74) is -1.96. The molecule has 1 heterocycles. The van der Waals surface area contributed by atoms with E-state index in [0.29, 0.717) is 16.1 Å². The van der Waals surface area contributed by atoms with Gasteiger partial charge < -0.3 is 5.32 Å². The molecule has 1 saturated heterocycles. The normalized spacial score (nSPS) is 20.2. The topological polar surface area (TPSA) is 18.5 Å². The Balaban J connectivity index is 1.54. The van der Waals surface area contributed by atoms with Crippen LogP contribution in [0.5, 0.6) is 0 Å². The Morgan fingerprint density at radius 2 is 1.46 bits per heavy atom. The first-order valence-electron chi connectivity index (χ1n) is 13.3. The number of hydrogen-bond donors (Lipinski definition) is 1. The highest BCUT2D eigenvalue weighted by atomic mass is 35.5. The number of halogens is 8. The van der Waals surface area contributed by atoms with Crippen LogP contribution < -0.4 is 5.32 Å². The van der Waals surface area contributed by atoms with Crippen LogP contribution in [0.15, 0.2) is 36.4 Å². The lowest BCUT2D eigenvalue weighted by molar-refractivity contribution is -0.143. The van der Waals surface area contributed by atoms with E-state index in [9.17, 15) is 26.3 Å². The average molecular weight is 596 g/mol. The molecule has 216 valence electrons. The molecule has 0 spiro atoms. The van der Waals surface area contributed by atoms with E-state index in [1.54, 1.807) is 19.1 Å². The van der Waals surface area contributed by atoms with Gasteiger partial charge in [0.25, 0.3) is 0 Å². The molecule has 4 rings (SSSR count). The van der Waals surface area contributed by atoms with Crippen molar-refractivity contribution < 1.29 is 26.3 Å². The van der Waals surface area contributed by atoms with Crippen molar-refractivity contribution in [2.24, 2.45) is 0 Å². The van der Waals surface area contributed by atoms with Gasteiger partial charge in [0, 0.05) is 50.8 Å². The smallest absolute Gasteiger partial charge is 0.308 e. The molecule has 3 nitrogen and oxygen atoms in total. The molecule has 1 aliphatic carbocycles. The number of piperazine rings is 1. The Kier molecular flexibility index (Phi) is 9.80. The summed E-state index contributed by atoms with van der Waals surface area (Å²) in [4.78, 5) is 4.80. The average Bonchev–Trinajstić information content (AvgIpc) is 2.90. The highest BCUT2D eigenvalue weighted by Gasteiger charge is 2.37. The third-order valence-corrected chi connectivity index (χ3v) is 8.78. The van der Waals surface area contributed by atoms with Gasteiger partial charge in [-0.25, -0.2) is 0 Å². The first-order chi connectivity index (χ1) is 18.3. The number of alkyl halides is 6. The molecule has 0 aromatic heterocycles. The van der Waals surface area contributed by atoms with Crippen molar-refractivity contribution in [1.82, 2.24) is 15.1 Å². The Morgan fingerprint density at radius 1 is 0.872 bits per heavy atom. The van der Waals surface area contributed by atoms with E-state index in [1.165, 1.54) is 32.1 Å². The van der Waals surface area contributed by atoms with Gasteiger partial charge in [-0.15, -0.1) is 0 Å². The van der Waals surface area contributed by atoms with Gasteiger partial charge in [-0.05, 0) is 55.2 Å². The molecular weight excluding hydrogens is 563 g/mol. The van der Waals surface area contributed by atoms with Gasteiger partial charge in [-0.2, -0.15) is 26.3 Å². The number of benzene rings is 2. The van der Waals surface area contributed by atoms with Crippen LogP contribution in [-0.4, -0.2) is 48.6 Å². The second-order valence-corrected chi connectivity index (χ2v) is 11.3. The second kappa shape index (κ2) is 12.6. The molecule has 1 saturated carbocycles. The molecule has 2 aromatic rings. The van der Waals surface area contributed by atoms with Crippen molar-refractivity contribution in [3.8, 4) is 0 Å². The third-order valence-electron chi connectivity index (χ3n) is 7.95. The van der Waals surface area contributed by atoms with Crippen LogP contribution in [0.4, 0.5) is 26.3 Å². The van der Waals surface area contributed by atoms with Gasteiger partial charge in [0.15, 0.2) is 0 Å². The highest BCUT2D eigenvalue weighted by molar-refractivity contribution is 6.42. The lowest BCUT2D eigenvalue weighted by Gasteiger charge is -2.44. The number of nitrogens with one attached hydrogen (secondary N) is 1. The minimum atomic E-state index is -4.90. The van der Waals surface area contributed by atoms with Gasteiger partial charge in [-0.3, -0.25) is 9.80 Å². The molecular formula is C28H33Cl2F6N3. The zero-order valence-corrected chi connectivity index (χ0v) is 23.2. The Hall–Kier alpha value is -1.52. The summed E-state index contributed by atoms with van der Waals surface area (Å²) in [6.45, 7) is 5.13. The maximum absolute atomic E-state index is 13.4. The van der Waals surface area contributed by atoms with E-state index >= 15 is 0 Å². The second-order valence-electron chi connectivity index (χ2n) is 10.5. The third kappa shape index (κ3) is 7.61. The maximum atomic E-state index is 13.4. The molecule has 2 unspecified atom stereocenters. The lowest BCUT2D eigenvalue weighted by atomic mass is 9.93. The zero-order chi connectivity index (χ0) is 28.4. The van der Waals surface area contributed by atoms with Crippen molar-refractivity contribution in [2.75, 3.05) is 32.7 Å². The van der Waals surface area contributed by atoms with Crippen LogP contribution in [0.3, 0.4) is 0 Å². The van der Waals surface area contributed by atoms with Crippen LogP contribution >= 0.6 is 23.2 Å². The standard InChI is InChI=1S/C28H33Cl2F6N3/c1-18(19-14-20(27(31,32)33)16-21(15-19)28(34,35)36)37-17-25(23-8-5-9-24(29)26(23)30)39-12-10-38(11-13-39)22-6-3-2-4-7-22/h5,8-9,14-16,18,22,25,37H,2-4,6-7,10-13,17H2,1H3. The molecule has 11 heteroatoms. The van der Waals surface area contributed by atoms with Gasteiger partial charge in [0.2, 0.25) is 0 Å². The van der Waals surface area contributed by atoms with Gasteiger partial charge in [0.05, 0.1) is 21.2 Å². The fraction of sp³-hybridized carbons (Fsp3) is 0.571. The van der Waals surface area contributed by atoms with Gasteiger partial charge in [-0.1, -0.05) is 54.6 Å². The molecule has 0 radical (unpaired) electrons. The van der Waals surface area contributed by atoms with E-state index < -0.39 is 29.5 Å². The summed E-state index contributed by atoms with van der Waals surface area (Å²) < 4.78 is 80.4. The van der Waals surface area contributed by atoms with Crippen molar-refractivity contribution in [3.63, 3.8) is 0 Å². The molecule has 2 aromatic carbocycles. The quantitative estimate of drug-likeness (QED) is 0.324. The predicted molar refractivity (Wildman–Crippen MR) is 142 cm³/mol. The largest absolute Gasteiger partial charge is 0.416 e. The van der Waals surface area contributed by atoms with Crippen LogP contribution in [0.1, 0.15) is 73.4 Å². The fourth-order valence-corrected chi connectivity index (χ4v) is 6.14. The molecule has 0 bridgehead atoms. The van der Waals surface area contributed by atoms with Crippen molar-refractivity contribution in [2.45, 2.75) is 69.5 Å². The van der Waals surface area contributed by atoms with E-state index in [2.05, 4.69) is 15.1 Å². The minimum absolute atomic E-state index is 0.0878. The fourth-order valence-electron chi connectivity index (χ4n) is 5.71. The monoisotopic (exact) mass is 595 g/mol. The summed E-state index contributed by atoms with van der Waals surface area (Å²) in [7, 11) is 0. The van der Waals surface area contributed by atoms with E-state index in [4.69, 9.17) is 23.2 Å².